The number of Topliss-reactive ketones (excluding diaryl/α,β-unsaturated/α-hetero) is 1. The molecule has 1 N–H and O–H groups in total. The Morgan fingerprint density at radius 1 is 1.33 bits per heavy atom. The number of benzene rings is 1. The number of hydrogen-bond donors (Lipinski definition) is 1. The molecule has 0 saturated carbocycles. The Labute approximate surface area is 111 Å². The van der Waals surface area contributed by atoms with E-state index in [4.69, 9.17) is 16.1 Å². The zero-order chi connectivity index (χ0) is 14.1. The zero-order valence-corrected chi connectivity index (χ0v) is 11.9. The molecule has 0 aromatic heterocycles. The van der Waals surface area contributed by atoms with Gasteiger partial charge in [-0.3, -0.25) is 4.79 Å². The largest absolute Gasteiger partial charge is 0.309 e. The SMILES string of the molecule is CC(=N)C(C(C)=O)c1ccc(C)c(S(=O)(=O)Cl)c1. The summed E-state index contributed by atoms with van der Waals surface area (Å²) in [5.74, 6) is -0.924. The second-order valence-corrected chi connectivity index (χ2v) is 6.72. The van der Waals surface area contributed by atoms with E-state index < -0.39 is 15.0 Å². The van der Waals surface area contributed by atoms with Gasteiger partial charge < -0.3 is 5.41 Å². The van der Waals surface area contributed by atoms with Crippen LogP contribution in [0.2, 0.25) is 0 Å². The van der Waals surface area contributed by atoms with E-state index in [2.05, 4.69) is 0 Å². The second kappa shape index (κ2) is 5.20. The summed E-state index contributed by atoms with van der Waals surface area (Å²) in [4.78, 5) is 11.5. The molecule has 0 aliphatic heterocycles. The van der Waals surface area contributed by atoms with Crippen LogP contribution in [0.25, 0.3) is 0 Å². The Kier molecular flexibility index (Phi) is 4.29. The van der Waals surface area contributed by atoms with E-state index in [-0.39, 0.29) is 16.4 Å². The van der Waals surface area contributed by atoms with Gasteiger partial charge >= 0.3 is 0 Å². The highest BCUT2D eigenvalue weighted by atomic mass is 35.7. The van der Waals surface area contributed by atoms with Gasteiger partial charge in [0.25, 0.3) is 9.05 Å². The van der Waals surface area contributed by atoms with Crippen molar-refractivity contribution in [1.82, 2.24) is 0 Å². The molecule has 1 aromatic carbocycles. The molecule has 0 bridgehead atoms. The lowest BCUT2D eigenvalue weighted by molar-refractivity contribution is -0.117. The van der Waals surface area contributed by atoms with Crippen molar-refractivity contribution in [3.05, 3.63) is 29.3 Å². The lowest BCUT2D eigenvalue weighted by atomic mass is 9.91. The predicted molar refractivity (Wildman–Crippen MR) is 71.0 cm³/mol. The normalized spacial score (nSPS) is 13.1. The molecular weight excluding hydrogens is 274 g/mol. The first-order valence-electron chi connectivity index (χ1n) is 5.25. The van der Waals surface area contributed by atoms with Crippen LogP contribution in [0.3, 0.4) is 0 Å². The van der Waals surface area contributed by atoms with E-state index in [1.54, 1.807) is 19.1 Å². The first-order chi connectivity index (χ1) is 8.14. The molecule has 0 aliphatic rings. The molecule has 1 rings (SSSR count). The molecule has 0 aliphatic carbocycles. The fourth-order valence-corrected chi connectivity index (χ4v) is 3.08. The van der Waals surface area contributed by atoms with Gasteiger partial charge in [-0.15, -0.1) is 0 Å². The minimum Gasteiger partial charge on any atom is -0.309 e. The van der Waals surface area contributed by atoms with Crippen LogP contribution in [0.15, 0.2) is 23.1 Å². The number of aryl methyl sites for hydroxylation is 1. The minimum absolute atomic E-state index is 0.0193. The van der Waals surface area contributed by atoms with Gasteiger partial charge in [0.15, 0.2) is 0 Å². The van der Waals surface area contributed by atoms with Crippen molar-refractivity contribution < 1.29 is 13.2 Å². The zero-order valence-electron chi connectivity index (χ0n) is 10.3. The van der Waals surface area contributed by atoms with Crippen molar-refractivity contribution in [2.75, 3.05) is 0 Å². The van der Waals surface area contributed by atoms with Crippen LogP contribution in [0.5, 0.6) is 0 Å². The summed E-state index contributed by atoms with van der Waals surface area (Å²) >= 11 is 0. The molecule has 18 heavy (non-hydrogen) atoms. The van der Waals surface area contributed by atoms with Gasteiger partial charge in [0.2, 0.25) is 0 Å². The topological polar surface area (TPSA) is 75.1 Å². The third-order valence-corrected chi connectivity index (χ3v) is 4.11. The van der Waals surface area contributed by atoms with Crippen molar-refractivity contribution in [2.24, 2.45) is 0 Å². The Morgan fingerprint density at radius 2 is 1.89 bits per heavy atom. The maximum absolute atomic E-state index is 11.5. The van der Waals surface area contributed by atoms with Crippen LogP contribution in [0.4, 0.5) is 0 Å². The summed E-state index contributed by atoms with van der Waals surface area (Å²) in [5.41, 5.74) is 1.16. The van der Waals surface area contributed by atoms with Gasteiger partial charge in [-0.2, -0.15) is 0 Å². The quantitative estimate of drug-likeness (QED) is 0.683. The van der Waals surface area contributed by atoms with Gasteiger partial charge in [0.1, 0.15) is 5.78 Å². The maximum Gasteiger partial charge on any atom is 0.261 e. The molecule has 0 heterocycles. The second-order valence-electron chi connectivity index (χ2n) is 4.19. The lowest BCUT2D eigenvalue weighted by Gasteiger charge is -2.14. The van der Waals surface area contributed by atoms with Gasteiger partial charge in [-0.25, -0.2) is 8.42 Å². The summed E-state index contributed by atoms with van der Waals surface area (Å²) in [7, 11) is 1.48. The van der Waals surface area contributed by atoms with Crippen LogP contribution >= 0.6 is 10.7 Å². The Morgan fingerprint density at radius 3 is 2.28 bits per heavy atom. The van der Waals surface area contributed by atoms with Crippen LogP contribution in [-0.4, -0.2) is 19.9 Å². The molecule has 6 heteroatoms. The molecule has 1 atom stereocenters. The number of carbonyl (C=O) groups excluding carboxylic acids is 1. The summed E-state index contributed by atoms with van der Waals surface area (Å²) in [6.07, 6.45) is 0. The van der Waals surface area contributed by atoms with Crippen LogP contribution in [0, 0.1) is 12.3 Å². The fraction of sp³-hybridized carbons (Fsp3) is 0.333. The van der Waals surface area contributed by atoms with Gasteiger partial charge in [-0.05, 0) is 38.0 Å². The van der Waals surface area contributed by atoms with Gasteiger partial charge in [-0.1, -0.05) is 12.1 Å². The molecule has 0 saturated heterocycles. The van der Waals surface area contributed by atoms with Crippen LogP contribution < -0.4 is 0 Å². The van der Waals surface area contributed by atoms with Gasteiger partial charge in [0.05, 0.1) is 10.8 Å². The minimum atomic E-state index is -3.85. The van der Waals surface area contributed by atoms with E-state index in [9.17, 15) is 13.2 Å². The summed E-state index contributed by atoms with van der Waals surface area (Å²) in [6.45, 7) is 4.51. The van der Waals surface area contributed by atoms with E-state index in [0.717, 1.165) is 0 Å². The molecule has 4 nitrogen and oxygen atoms in total. The molecule has 1 unspecified atom stereocenters. The first-order valence-corrected chi connectivity index (χ1v) is 7.56. The summed E-state index contributed by atoms with van der Waals surface area (Å²) in [5, 5.41) is 7.60. The first kappa shape index (κ1) is 14.9. The lowest BCUT2D eigenvalue weighted by Crippen LogP contribution is -2.17. The molecule has 0 spiro atoms. The van der Waals surface area contributed by atoms with E-state index in [1.165, 1.54) is 19.9 Å². The number of ketones is 1. The maximum atomic E-state index is 11.5. The number of nitrogens with one attached hydrogen (secondary N) is 1. The predicted octanol–water partition coefficient (Wildman–Crippen LogP) is 2.63. The standard InChI is InChI=1S/C12H14ClNO3S/c1-7-4-5-10(6-11(7)18(13,16)17)12(8(2)14)9(3)15/h4-6,12,14H,1-3H3. The third-order valence-electron chi connectivity index (χ3n) is 2.65. The number of hydrogen-bond acceptors (Lipinski definition) is 4. The molecule has 0 amide bonds. The highest BCUT2D eigenvalue weighted by Crippen LogP contribution is 2.26. The van der Waals surface area contributed by atoms with Crippen molar-refractivity contribution >= 4 is 31.2 Å². The molecule has 0 fully saturated rings. The van der Waals surface area contributed by atoms with Crippen molar-refractivity contribution in [3.8, 4) is 0 Å². The molecular formula is C12H14ClNO3S. The smallest absolute Gasteiger partial charge is 0.261 e. The number of halogens is 1. The summed E-state index contributed by atoms with van der Waals surface area (Å²) in [6, 6.07) is 4.59. The van der Waals surface area contributed by atoms with E-state index >= 15 is 0 Å². The van der Waals surface area contributed by atoms with E-state index in [1.807, 2.05) is 0 Å². The van der Waals surface area contributed by atoms with Crippen molar-refractivity contribution in [1.29, 1.82) is 5.41 Å². The highest BCUT2D eigenvalue weighted by Gasteiger charge is 2.22. The molecule has 98 valence electrons. The fourth-order valence-electron chi connectivity index (χ4n) is 1.85. The Balaban J connectivity index is 3.45. The monoisotopic (exact) mass is 287 g/mol. The summed E-state index contributed by atoms with van der Waals surface area (Å²) < 4.78 is 22.8. The Bertz CT molecular complexity index is 594. The number of rotatable bonds is 4. The molecule has 1 aromatic rings. The Hall–Kier alpha value is -1.20. The average molecular weight is 288 g/mol. The average Bonchev–Trinajstić information content (AvgIpc) is 2.17. The third kappa shape index (κ3) is 3.17. The highest BCUT2D eigenvalue weighted by molar-refractivity contribution is 8.13. The number of carbonyl (C=O) groups is 1. The van der Waals surface area contributed by atoms with Crippen molar-refractivity contribution in [3.63, 3.8) is 0 Å². The van der Waals surface area contributed by atoms with Crippen molar-refractivity contribution in [2.45, 2.75) is 31.6 Å². The van der Waals surface area contributed by atoms with Crippen LogP contribution in [0.1, 0.15) is 30.9 Å². The van der Waals surface area contributed by atoms with E-state index in [0.29, 0.717) is 11.1 Å². The van der Waals surface area contributed by atoms with Gasteiger partial charge in [0, 0.05) is 16.4 Å². The molecule has 0 radical (unpaired) electrons. The van der Waals surface area contributed by atoms with Crippen LogP contribution in [-0.2, 0) is 13.8 Å².